The van der Waals surface area contributed by atoms with Gasteiger partial charge in [0.25, 0.3) is 5.56 Å². The second kappa shape index (κ2) is 5.93. The summed E-state index contributed by atoms with van der Waals surface area (Å²) in [6, 6.07) is 10.3. The van der Waals surface area contributed by atoms with Gasteiger partial charge in [-0.1, -0.05) is 43.7 Å². The van der Waals surface area contributed by atoms with E-state index in [4.69, 9.17) is 0 Å². The Kier molecular flexibility index (Phi) is 3.98. The number of anilines is 1. The van der Waals surface area contributed by atoms with E-state index in [9.17, 15) is 4.79 Å². The Hall–Kier alpha value is -2.14. The van der Waals surface area contributed by atoms with Crippen molar-refractivity contribution in [3.63, 3.8) is 0 Å². The summed E-state index contributed by atoms with van der Waals surface area (Å²) in [5.74, 6) is 1.03. The number of benzene rings is 1. The predicted octanol–water partition coefficient (Wildman–Crippen LogP) is 4.03. The van der Waals surface area contributed by atoms with E-state index in [0.29, 0.717) is 16.6 Å². The molecule has 1 aromatic carbocycles. The van der Waals surface area contributed by atoms with Gasteiger partial charge in [-0.25, -0.2) is 4.98 Å². The number of hydrogen-bond donors (Lipinski definition) is 2. The molecule has 0 saturated carbocycles. The SMILES string of the molecule is Cc1ccc(-c2cc3nc(NCC(C)C)[nH]c(=O)c3s2)cc1. The zero-order valence-electron chi connectivity index (χ0n) is 12.9. The van der Waals surface area contributed by atoms with Crippen molar-refractivity contribution < 1.29 is 0 Å². The van der Waals surface area contributed by atoms with Crippen molar-refractivity contribution in [1.82, 2.24) is 9.97 Å². The molecule has 2 aromatic heterocycles. The number of thiophene rings is 1. The third kappa shape index (κ3) is 3.04. The molecule has 3 aromatic rings. The van der Waals surface area contributed by atoms with E-state index < -0.39 is 0 Å². The highest BCUT2D eigenvalue weighted by molar-refractivity contribution is 7.22. The lowest BCUT2D eigenvalue weighted by molar-refractivity contribution is 0.685. The first kappa shape index (κ1) is 14.8. The first-order valence-corrected chi connectivity index (χ1v) is 8.19. The lowest BCUT2D eigenvalue weighted by Gasteiger charge is -2.07. The largest absolute Gasteiger partial charge is 0.355 e. The van der Waals surface area contributed by atoms with Crippen LogP contribution >= 0.6 is 11.3 Å². The maximum atomic E-state index is 12.2. The fourth-order valence-corrected chi connectivity index (χ4v) is 3.18. The topological polar surface area (TPSA) is 57.8 Å². The molecule has 2 heterocycles. The van der Waals surface area contributed by atoms with Crippen LogP contribution in [0.25, 0.3) is 20.7 Å². The molecule has 0 aliphatic rings. The maximum absolute atomic E-state index is 12.2. The summed E-state index contributed by atoms with van der Waals surface area (Å²) < 4.78 is 0.672. The molecule has 0 amide bonds. The summed E-state index contributed by atoms with van der Waals surface area (Å²) in [6.45, 7) is 7.07. The van der Waals surface area contributed by atoms with Crippen LogP contribution in [0.2, 0.25) is 0 Å². The summed E-state index contributed by atoms with van der Waals surface area (Å²) in [5, 5.41) is 3.17. The summed E-state index contributed by atoms with van der Waals surface area (Å²) in [4.78, 5) is 20.6. The van der Waals surface area contributed by atoms with E-state index in [1.165, 1.54) is 16.9 Å². The van der Waals surface area contributed by atoms with Gasteiger partial charge in [0, 0.05) is 11.4 Å². The lowest BCUT2D eigenvalue weighted by atomic mass is 10.1. The molecule has 0 aliphatic heterocycles. The normalized spacial score (nSPS) is 11.3. The molecular weight excluding hydrogens is 294 g/mol. The first-order valence-electron chi connectivity index (χ1n) is 7.37. The van der Waals surface area contributed by atoms with Crippen LogP contribution in [0, 0.1) is 12.8 Å². The average Bonchev–Trinajstić information content (AvgIpc) is 2.90. The Labute approximate surface area is 133 Å². The molecule has 2 N–H and O–H groups in total. The highest BCUT2D eigenvalue weighted by Gasteiger charge is 2.10. The molecule has 0 aliphatic carbocycles. The second-order valence-electron chi connectivity index (χ2n) is 5.88. The summed E-state index contributed by atoms with van der Waals surface area (Å²) >= 11 is 1.48. The third-order valence-corrected chi connectivity index (χ3v) is 4.57. The van der Waals surface area contributed by atoms with Gasteiger partial charge in [0.2, 0.25) is 5.95 Å². The van der Waals surface area contributed by atoms with Crippen molar-refractivity contribution in [3.05, 3.63) is 46.2 Å². The minimum atomic E-state index is -0.0837. The Balaban J connectivity index is 2.00. The molecule has 4 nitrogen and oxygen atoms in total. The van der Waals surface area contributed by atoms with Crippen molar-refractivity contribution in [2.45, 2.75) is 20.8 Å². The minimum Gasteiger partial charge on any atom is -0.355 e. The number of hydrogen-bond acceptors (Lipinski definition) is 4. The van der Waals surface area contributed by atoms with Crippen LogP contribution in [0.15, 0.2) is 35.1 Å². The Bertz CT molecular complexity index is 846. The summed E-state index contributed by atoms with van der Waals surface area (Å²) in [6.07, 6.45) is 0. The number of aromatic amines is 1. The molecule has 0 radical (unpaired) electrons. The number of H-pyrrole nitrogens is 1. The van der Waals surface area contributed by atoms with E-state index >= 15 is 0 Å². The Morgan fingerprint density at radius 3 is 2.68 bits per heavy atom. The molecule has 5 heteroatoms. The molecule has 0 fully saturated rings. The van der Waals surface area contributed by atoms with E-state index in [1.54, 1.807) is 0 Å². The zero-order valence-corrected chi connectivity index (χ0v) is 13.8. The summed E-state index contributed by atoms with van der Waals surface area (Å²) in [5.41, 5.74) is 3.00. The van der Waals surface area contributed by atoms with Crippen LogP contribution < -0.4 is 10.9 Å². The molecule has 0 saturated heterocycles. The zero-order chi connectivity index (χ0) is 15.7. The van der Waals surface area contributed by atoms with Gasteiger partial charge in [-0.15, -0.1) is 11.3 Å². The van der Waals surface area contributed by atoms with Gasteiger partial charge in [0.1, 0.15) is 4.70 Å². The number of rotatable bonds is 4. The van der Waals surface area contributed by atoms with E-state index in [0.717, 1.165) is 22.5 Å². The highest BCUT2D eigenvalue weighted by Crippen LogP contribution is 2.31. The smallest absolute Gasteiger partial charge is 0.270 e. The maximum Gasteiger partial charge on any atom is 0.270 e. The Morgan fingerprint density at radius 1 is 1.27 bits per heavy atom. The first-order chi connectivity index (χ1) is 10.5. The number of aryl methyl sites for hydroxylation is 1. The molecule has 3 rings (SSSR count). The third-order valence-electron chi connectivity index (χ3n) is 3.40. The number of nitrogens with zero attached hydrogens (tertiary/aromatic N) is 1. The van der Waals surface area contributed by atoms with Crippen LogP contribution in [0.5, 0.6) is 0 Å². The summed E-state index contributed by atoms with van der Waals surface area (Å²) in [7, 11) is 0. The van der Waals surface area contributed by atoms with Crippen molar-refractivity contribution in [1.29, 1.82) is 0 Å². The van der Waals surface area contributed by atoms with Gasteiger partial charge in [0.15, 0.2) is 0 Å². The number of aromatic nitrogens is 2. The molecule has 0 spiro atoms. The lowest BCUT2D eigenvalue weighted by Crippen LogP contribution is -2.15. The highest BCUT2D eigenvalue weighted by atomic mass is 32.1. The fourth-order valence-electron chi connectivity index (χ4n) is 2.18. The average molecular weight is 313 g/mol. The van der Waals surface area contributed by atoms with Crippen LogP contribution in [0.1, 0.15) is 19.4 Å². The standard InChI is InChI=1S/C17H19N3OS/c1-10(2)9-18-17-19-13-8-14(22-15(13)16(21)20-17)12-6-4-11(3)5-7-12/h4-8,10H,9H2,1-3H3,(H2,18,19,20,21). The van der Waals surface area contributed by atoms with Gasteiger partial charge in [-0.2, -0.15) is 0 Å². The van der Waals surface area contributed by atoms with E-state index in [-0.39, 0.29) is 5.56 Å². The fraction of sp³-hybridized carbons (Fsp3) is 0.294. The number of nitrogens with one attached hydrogen (secondary N) is 2. The molecule has 114 valence electrons. The monoisotopic (exact) mass is 313 g/mol. The van der Waals surface area contributed by atoms with Crippen molar-refractivity contribution >= 4 is 27.5 Å². The van der Waals surface area contributed by atoms with Crippen molar-refractivity contribution in [2.75, 3.05) is 11.9 Å². The second-order valence-corrected chi connectivity index (χ2v) is 6.93. The predicted molar refractivity (Wildman–Crippen MR) is 93.7 cm³/mol. The minimum absolute atomic E-state index is 0.0837. The van der Waals surface area contributed by atoms with Crippen LogP contribution in [0.4, 0.5) is 5.95 Å². The van der Waals surface area contributed by atoms with Crippen molar-refractivity contribution in [2.24, 2.45) is 5.92 Å². The van der Waals surface area contributed by atoms with Crippen LogP contribution in [0.3, 0.4) is 0 Å². The van der Waals surface area contributed by atoms with Crippen LogP contribution in [-0.4, -0.2) is 16.5 Å². The molecule has 0 bridgehead atoms. The van der Waals surface area contributed by atoms with E-state index in [1.807, 2.05) is 6.07 Å². The quantitative estimate of drug-likeness (QED) is 0.764. The Morgan fingerprint density at radius 2 is 2.00 bits per heavy atom. The molecular formula is C17H19N3OS. The molecule has 0 unspecified atom stereocenters. The van der Waals surface area contributed by atoms with Crippen molar-refractivity contribution in [3.8, 4) is 10.4 Å². The number of fused-ring (bicyclic) bond motifs is 1. The van der Waals surface area contributed by atoms with Gasteiger partial charge >= 0.3 is 0 Å². The van der Waals surface area contributed by atoms with Crippen LogP contribution in [-0.2, 0) is 0 Å². The van der Waals surface area contributed by atoms with E-state index in [2.05, 4.69) is 60.3 Å². The van der Waals surface area contributed by atoms with Gasteiger partial charge < -0.3 is 5.32 Å². The van der Waals surface area contributed by atoms with Gasteiger partial charge in [-0.05, 0) is 24.5 Å². The molecule has 22 heavy (non-hydrogen) atoms. The molecule has 0 atom stereocenters. The van der Waals surface area contributed by atoms with Gasteiger partial charge in [0.05, 0.1) is 5.52 Å². The van der Waals surface area contributed by atoms with Gasteiger partial charge in [-0.3, -0.25) is 9.78 Å².